The summed E-state index contributed by atoms with van der Waals surface area (Å²) in [6, 6.07) is 2.02. The number of fused-ring (bicyclic) bond motifs is 1. The summed E-state index contributed by atoms with van der Waals surface area (Å²) in [5, 5.41) is 3.43. The second-order valence-corrected chi connectivity index (χ2v) is 5.66. The fraction of sp³-hybridized carbons (Fsp3) is 0.571. The van der Waals surface area contributed by atoms with Crippen LogP contribution in [0.1, 0.15) is 19.8 Å². The maximum absolute atomic E-state index is 4.55. The lowest BCUT2D eigenvalue weighted by Gasteiger charge is -2.39. The largest absolute Gasteiger partial charge is 0.355 e. The fourth-order valence-corrected chi connectivity index (χ4v) is 2.74. The number of pyridine rings is 1. The maximum Gasteiger partial charge on any atom is 0.156 e. The lowest BCUT2D eigenvalue weighted by atomic mass is 9.90. The zero-order valence-electron chi connectivity index (χ0n) is 11.8. The quantitative estimate of drug-likeness (QED) is 0.889. The average Bonchev–Trinajstić information content (AvgIpc) is 2.82. The Balaban J connectivity index is 1.90. The molecule has 3 heterocycles. The van der Waals surface area contributed by atoms with Gasteiger partial charge in [-0.05, 0) is 32.9 Å². The lowest BCUT2D eigenvalue weighted by Crippen LogP contribution is -2.50. The van der Waals surface area contributed by atoms with E-state index in [1.165, 1.54) is 0 Å². The van der Waals surface area contributed by atoms with Crippen LogP contribution in [0.2, 0.25) is 0 Å². The van der Waals surface area contributed by atoms with Crippen molar-refractivity contribution in [2.45, 2.75) is 25.3 Å². The molecule has 1 N–H and O–H groups in total. The minimum atomic E-state index is 0.258. The fourth-order valence-electron chi connectivity index (χ4n) is 2.74. The molecule has 1 aliphatic rings. The predicted molar refractivity (Wildman–Crippen MR) is 77.4 cm³/mol. The SMILES string of the molecule is CNC1(C)CCN(c2nccc3c2ncn3C)CC1. The minimum absolute atomic E-state index is 0.258. The monoisotopic (exact) mass is 259 g/mol. The van der Waals surface area contributed by atoms with E-state index in [4.69, 9.17) is 0 Å². The first kappa shape index (κ1) is 12.4. The summed E-state index contributed by atoms with van der Waals surface area (Å²) in [7, 11) is 4.07. The summed E-state index contributed by atoms with van der Waals surface area (Å²) in [6.07, 6.45) is 6.01. The normalized spacial score (nSPS) is 19.0. The van der Waals surface area contributed by atoms with Crippen molar-refractivity contribution in [3.05, 3.63) is 18.6 Å². The van der Waals surface area contributed by atoms with Gasteiger partial charge in [0.2, 0.25) is 0 Å². The van der Waals surface area contributed by atoms with Crippen LogP contribution >= 0.6 is 0 Å². The zero-order valence-corrected chi connectivity index (χ0v) is 11.8. The Morgan fingerprint density at radius 1 is 1.26 bits per heavy atom. The van der Waals surface area contributed by atoms with Crippen LogP contribution in [-0.4, -0.2) is 40.2 Å². The van der Waals surface area contributed by atoms with Crippen LogP contribution in [0.3, 0.4) is 0 Å². The molecule has 0 aromatic carbocycles. The molecular formula is C14H21N5. The number of anilines is 1. The second-order valence-electron chi connectivity index (χ2n) is 5.66. The zero-order chi connectivity index (χ0) is 13.5. The van der Waals surface area contributed by atoms with Gasteiger partial charge in [-0.2, -0.15) is 0 Å². The Kier molecular flexibility index (Phi) is 2.93. The van der Waals surface area contributed by atoms with Crippen LogP contribution in [0.5, 0.6) is 0 Å². The van der Waals surface area contributed by atoms with Crippen LogP contribution in [0.15, 0.2) is 18.6 Å². The van der Waals surface area contributed by atoms with E-state index < -0.39 is 0 Å². The van der Waals surface area contributed by atoms with Crippen molar-refractivity contribution < 1.29 is 0 Å². The predicted octanol–water partition coefficient (Wildman–Crippen LogP) is 1.55. The number of aromatic nitrogens is 3. The first-order chi connectivity index (χ1) is 9.13. The van der Waals surface area contributed by atoms with Crippen molar-refractivity contribution in [1.29, 1.82) is 0 Å². The molecule has 3 rings (SSSR count). The summed E-state index contributed by atoms with van der Waals surface area (Å²) in [5.41, 5.74) is 2.42. The van der Waals surface area contributed by atoms with E-state index in [9.17, 15) is 0 Å². The summed E-state index contributed by atoms with van der Waals surface area (Å²) in [5.74, 6) is 1.02. The number of nitrogens with one attached hydrogen (secondary N) is 1. The number of imidazole rings is 1. The van der Waals surface area contributed by atoms with Crippen molar-refractivity contribution in [2.75, 3.05) is 25.0 Å². The summed E-state index contributed by atoms with van der Waals surface area (Å²) in [6.45, 7) is 4.35. The van der Waals surface area contributed by atoms with E-state index in [1.54, 1.807) is 0 Å². The van der Waals surface area contributed by atoms with Gasteiger partial charge >= 0.3 is 0 Å². The number of hydrogen-bond donors (Lipinski definition) is 1. The van der Waals surface area contributed by atoms with E-state index in [1.807, 2.05) is 37.3 Å². The Labute approximate surface area is 113 Å². The number of hydrogen-bond acceptors (Lipinski definition) is 4. The molecule has 0 atom stereocenters. The highest BCUT2D eigenvalue weighted by atomic mass is 15.2. The van der Waals surface area contributed by atoms with Gasteiger partial charge in [-0.3, -0.25) is 0 Å². The van der Waals surface area contributed by atoms with Crippen molar-refractivity contribution in [2.24, 2.45) is 7.05 Å². The number of aryl methyl sites for hydroxylation is 1. The van der Waals surface area contributed by atoms with Crippen molar-refractivity contribution in [1.82, 2.24) is 19.9 Å². The Hall–Kier alpha value is -1.62. The van der Waals surface area contributed by atoms with Crippen molar-refractivity contribution >= 4 is 16.9 Å². The van der Waals surface area contributed by atoms with Gasteiger partial charge in [0.25, 0.3) is 0 Å². The minimum Gasteiger partial charge on any atom is -0.355 e. The molecule has 0 unspecified atom stereocenters. The number of rotatable bonds is 2. The molecule has 19 heavy (non-hydrogen) atoms. The van der Waals surface area contributed by atoms with Gasteiger partial charge in [0.1, 0.15) is 5.52 Å². The summed E-state index contributed by atoms with van der Waals surface area (Å²) in [4.78, 5) is 11.4. The van der Waals surface area contributed by atoms with Gasteiger partial charge in [0.05, 0.1) is 11.8 Å². The van der Waals surface area contributed by atoms with E-state index in [2.05, 4.69) is 27.1 Å². The Morgan fingerprint density at radius 3 is 2.68 bits per heavy atom. The third-order valence-corrected chi connectivity index (χ3v) is 4.39. The van der Waals surface area contributed by atoms with Gasteiger partial charge in [-0.1, -0.05) is 0 Å². The number of piperidine rings is 1. The van der Waals surface area contributed by atoms with Crippen LogP contribution in [0, 0.1) is 0 Å². The lowest BCUT2D eigenvalue weighted by molar-refractivity contribution is 0.304. The van der Waals surface area contributed by atoms with Gasteiger partial charge in [-0.15, -0.1) is 0 Å². The first-order valence-electron chi connectivity index (χ1n) is 6.83. The van der Waals surface area contributed by atoms with Gasteiger partial charge < -0.3 is 14.8 Å². The summed E-state index contributed by atoms with van der Waals surface area (Å²) < 4.78 is 2.04. The third-order valence-electron chi connectivity index (χ3n) is 4.39. The molecular weight excluding hydrogens is 238 g/mol. The molecule has 1 saturated heterocycles. The molecule has 2 aromatic rings. The second kappa shape index (κ2) is 4.49. The molecule has 102 valence electrons. The van der Waals surface area contributed by atoms with E-state index in [0.29, 0.717) is 0 Å². The molecule has 1 aliphatic heterocycles. The molecule has 0 spiro atoms. The van der Waals surface area contributed by atoms with Crippen molar-refractivity contribution in [3.8, 4) is 0 Å². The molecule has 0 radical (unpaired) electrons. The van der Waals surface area contributed by atoms with Gasteiger partial charge in [0.15, 0.2) is 5.82 Å². The van der Waals surface area contributed by atoms with E-state index in [-0.39, 0.29) is 5.54 Å². The molecule has 0 bridgehead atoms. The van der Waals surface area contributed by atoms with Crippen LogP contribution in [0.4, 0.5) is 5.82 Å². The molecule has 1 fully saturated rings. The smallest absolute Gasteiger partial charge is 0.156 e. The Morgan fingerprint density at radius 2 is 2.00 bits per heavy atom. The number of nitrogens with zero attached hydrogens (tertiary/aromatic N) is 4. The van der Waals surface area contributed by atoms with Gasteiger partial charge in [-0.25, -0.2) is 9.97 Å². The highest BCUT2D eigenvalue weighted by molar-refractivity contribution is 5.86. The average molecular weight is 259 g/mol. The molecule has 2 aromatic heterocycles. The Bertz CT molecular complexity index is 581. The molecule has 0 amide bonds. The van der Waals surface area contributed by atoms with Crippen LogP contribution in [0.25, 0.3) is 11.0 Å². The molecule has 0 aliphatic carbocycles. The molecule has 5 heteroatoms. The van der Waals surface area contributed by atoms with Crippen molar-refractivity contribution in [3.63, 3.8) is 0 Å². The first-order valence-corrected chi connectivity index (χ1v) is 6.83. The topological polar surface area (TPSA) is 46.0 Å². The van der Waals surface area contributed by atoms with E-state index in [0.717, 1.165) is 42.8 Å². The van der Waals surface area contributed by atoms with Crippen LogP contribution < -0.4 is 10.2 Å². The maximum atomic E-state index is 4.55. The van der Waals surface area contributed by atoms with Crippen LogP contribution in [-0.2, 0) is 7.05 Å². The molecule has 0 saturated carbocycles. The third kappa shape index (κ3) is 2.08. The highest BCUT2D eigenvalue weighted by Crippen LogP contribution is 2.28. The molecule has 5 nitrogen and oxygen atoms in total. The van der Waals surface area contributed by atoms with E-state index >= 15 is 0 Å². The highest BCUT2D eigenvalue weighted by Gasteiger charge is 2.29. The summed E-state index contributed by atoms with van der Waals surface area (Å²) >= 11 is 0. The standard InChI is InChI=1S/C14H21N5/c1-14(15-2)5-8-19(9-6-14)13-12-11(4-7-16-13)18(3)10-17-12/h4,7,10,15H,5-6,8-9H2,1-3H3. The van der Waals surface area contributed by atoms with Gasteiger partial charge in [0, 0.05) is 31.9 Å².